The molecular weight excluding hydrogens is 272 g/mol. The van der Waals surface area contributed by atoms with E-state index in [9.17, 15) is 4.79 Å². The molecule has 1 atom stereocenters. The summed E-state index contributed by atoms with van der Waals surface area (Å²) in [6.45, 7) is 4.07. The van der Waals surface area contributed by atoms with Crippen LogP contribution in [-0.2, 0) is 0 Å². The molecule has 0 aliphatic rings. The van der Waals surface area contributed by atoms with Crippen molar-refractivity contribution >= 4 is 28.4 Å². The predicted octanol–water partition coefficient (Wildman–Crippen LogP) is 3.76. The van der Waals surface area contributed by atoms with Crippen LogP contribution in [0.25, 0.3) is 10.9 Å². The SMILES string of the molecule is CCC(C)(CCCl)NC(=O)c1cccc2cccnc12. The van der Waals surface area contributed by atoms with Crippen LogP contribution < -0.4 is 5.32 Å². The van der Waals surface area contributed by atoms with E-state index in [1.807, 2.05) is 38.1 Å². The van der Waals surface area contributed by atoms with Crippen molar-refractivity contribution in [1.82, 2.24) is 10.3 Å². The van der Waals surface area contributed by atoms with Crippen LogP contribution >= 0.6 is 11.6 Å². The minimum Gasteiger partial charge on any atom is -0.347 e. The number of hydrogen-bond donors (Lipinski definition) is 1. The summed E-state index contributed by atoms with van der Waals surface area (Å²) in [5, 5.41) is 4.06. The molecule has 0 radical (unpaired) electrons. The average Bonchev–Trinajstić information content (AvgIpc) is 2.46. The molecule has 1 heterocycles. The maximum Gasteiger partial charge on any atom is 0.253 e. The smallest absolute Gasteiger partial charge is 0.253 e. The molecule has 1 aromatic carbocycles. The fraction of sp³-hybridized carbons (Fsp3) is 0.375. The van der Waals surface area contributed by atoms with Gasteiger partial charge in [-0.05, 0) is 31.9 Å². The van der Waals surface area contributed by atoms with E-state index >= 15 is 0 Å². The van der Waals surface area contributed by atoms with E-state index in [2.05, 4.69) is 10.3 Å². The Hall–Kier alpha value is -1.61. The number of para-hydroxylation sites is 1. The first-order valence-electron chi connectivity index (χ1n) is 6.82. The van der Waals surface area contributed by atoms with Crippen molar-refractivity contribution in [3.63, 3.8) is 0 Å². The van der Waals surface area contributed by atoms with Gasteiger partial charge in [0.2, 0.25) is 0 Å². The Morgan fingerprint density at radius 3 is 2.80 bits per heavy atom. The lowest BCUT2D eigenvalue weighted by atomic mass is 9.94. The second-order valence-electron chi connectivity index (χ2n) is 5.19. The molecule has 1 amide bonds. The van der Waals surface area contributed by atoms with Gasteiger partial charge in [0.1, 0.15) is 0 Å². The molecular formula is C16H19ClN2O. The van der Waals surface area contributed by atoms with Crippen molar-refractivity contribution in [3.8, 4) is 0 Å². The molecule has 0 aliphatic heterocycles. The Bertz CT molecular complexity index is 609. The van der Waals surface area contributed by atoms with Crippen LogP contribution in [0, 0.1) is 0 Å². The van der Waals surface area contributed by atoms with E-state index in [0.717, 1.165) is 23.7 Å². The van der Waals surface area contributed by atoms with Gasteiger partial charge >= 0.3 is 0 Å². The number of benzene rings is 1. The van der Waals surface area contributed by atoms with Gasteiger partial charge in [0.05, 0.1) is 11.1 Å². The number of carbonyl (C=O) groups is 1. The largest absolute Gasteiger partial charge is 0.347 e. The molecule has 0 spiro atoms. The van der Waals surface area contributed by atoms with Crippen LogP contribution in [0.3, 0.4) is 0 Å². The molecule has 3 nitrogen and oxygen atoms in total. The topological polar surface area (TPSA) is 42.0 Å². The predicted molar refractivity (Wildman–Crippen MR) is 83.2 cm³/mol. The lowest BCUT2D eigenvalue weighted by Crippen LogP contribution is -2.45. The third kappa shape index (κ3) is 3.10. The Morgan fingerprint density at radius 1 is 1.35 bits per heavy atom. The highest BCUT2D eigenvalue weighted by molar-refractivity contribution is 6.17. The van der Waals surface area contributed by atoms with Gasteiger partial charge in [-0.1, -0.05) is 25.1 Å². The summed E-state index contributed by atoms with van der Waals surface area (Å²) >= 11 is 5.83. The Labute approximate surface area is 124 Å². The second-order valence-corrected chi connectivity index (χ2v) is 5.57. The van der Waals surface area contributed by atoms with Gasteiger partial charge in [0.25, 0.3) is 5.91 Å². The molecule has 0 bridgehead atoms. The number of nitrogens with one attached hydrogen (secondary N) is 1. The number of amides is 1. The standard InChI is InChI=1S/C16H19ClN2O/c1-3-16(2,9-10-17)19-15(20)13-8-4-6-12-7-5-11-18-14(12)13/h4-8,11H,3,9-10H2,1-2H3,(H,19,20). The first-order chi connectivity index (χ1) is 9.59. The summed E-state index contributed by atoms with van der Waals surface area (Å²) in [6, 6.07) is 9.46. The number of halogens is 1. The zero-order valence-corrected chi connectivity index (χ0v) is 12.6. The highest BCUT2D eigenvalue weighted by atomic mass is 35.5. The van der Waals surface area contributed by atoms with E-state index in [-0.39, 0.29) is 11.4 Å². The summed E-state index contributed by atoms with van der Waals surface area (Å²) in [5.41, 5.74) is 1.06. The van der Waals surface area contributed by atoms with Crippen LogP contribution in [0.2, 0.25) is 0 Å². The van der Waals surface area contributed by atoms with E-state index in [1.165, 1.54) is 0 Å². The van der Waals surface area contributed by atoms with Gasteiger partial charge in [0.15, 0.2) is 0 Å². The molecule has 2 rings (SSSR count). The number of aromatic nitrogens is 1. The summed E-state index contributed by atoms with van der Waals surface area (Å²) in [6.07, 6.45) is 3.29. The normalized spacial score (nSPS) is 13.9. The maximum atomic E-state index is 12.5. The molecule has 20 heavy (non-hydrogen) atoms. The van der Waals surface area contributed by atoms with Gasteiger partial charge < -0.3 is 5.32 Å². The Balaban J connectivity index is 2.32. The third-order valence-electron chi connectivity index (χ3n) is 3.72. The first-order valence-corrected chi connectivity index (χ1v) is 7.35. The lowest BCUT2D eigenvalue weighted by Gasteiger charge is -2.29. The second kappa shape index (κ2) is 6.23. The molecule has 106 valence electrons. The molecule has 2 aromatic rings. The summed E-state index contributed by atoms with van der Waals surface area (Å²) in [5.74, 6) is 0.432. The zero-order valence-electron chi connectivity index (χ0n) is 11.8. The summed E-state index contributed by atoms with van der Waals surface area (Å²) < 4.78 is 0. The Morgan fingerprint density at radius 2 is 2.10 bits per heavy atom. The number of alkyl halides is 1. The molecule has 1 aromatic heterocycles. The number of nitrogens with zero attached hydrogens (tertiary/aromatic N) is 1. The van der Waals surface area contributed by atoms with Crippen LogP contribution in [0.1, 0.15) is 37.0 Å². The van der Waals surface area contributed by atoms with E-state index in [4.69, 9.17) is 11.6 Å². The summed E-state index contributed by atoms with van der Waals surface area (Å²) in [4.78, 5) is 16.8. The van der Waals surface area contributed by atoms with Gasteiger partial charge in [-0.2, -0.15) is 0 Å². The van der Waals surface area contributed by atoms with Crippen LogP contribution in [0.4, 0.5) is 0 Å². The molecule has 4 heteroatoms. The van der Waals surface area contributed by atoms with Gasteiger partial charge in [0, 0.05) is 23.0 Å². The minimum atomic E-state index is -0.282. The zero-order chi connectivity index (χ0) is 14.6. The average molecular weight is 291 g/mol. The Kier molecular flexibility index (Phi) is 4.61. The highest BCUT2D eigenvalue weighted by Gasteiger charge is 2.25. The van der Waals surface area contributed by atoms with Crippen molar-refractivity contribution in [2.24, 2.45) is 0 Å². The van der Waals surface area contributed by atoms with E-state index in [1.54, 1.807) is 12.3 Å². The highest BCUT2D eigenvalue weighted by Crippen LogP contribution is 2.19. The van der Waals surface area contributed by atoms with Crippen molar-refractivity contribution in [3.05, 3.63) is 42.1 Å². The number of fused-ring (bicyclic) bond motifs is 1. The van der Waals surface area contributed by atoms with Crippen molar-refractivity contribution in [2.45, 2.75) is 32.2 Å². The summed E-state index contributed by atoms with van der Waals surface area (Å²) in [7, 11) is 0. The van der Waals surface area contributed by atoms with Gasteiger partial charge in [-0.25, -0.2) is 0 Å². The van der Waals surface area contributed by atoms with Crippen molar-refractivity contribution in [2.75, 3.05) is 5.88 Å². The minimum absolute atomic E-state index is 0.0937. The monoisotopic (exact) mass is 290 g/mol. The van der Waals surface area contributed by atoms with Crippen LogP contribution in [-0.4, -0.2) is 22.3 Å². The van der Waals surface area contributed by atoms with Gasteiger partial charge in [-0.15, -0.1) is 11.6 Å². The van der Waals surface area contributed by atoms with Crippen molar-refractivity contribution < 1.29 is 4.79 Å². The number of rotatable bonds is 5. The number of carbonyl (C=O) groups excluding carboxylic acids is 1. The quantitative estimate of drug-likeness (QED) is 0.852. The molecule has 1 N–H and O–H groups in total. The van der Waals surface area contributed by atoms with Crippen LogP contribution in [0.5, 0.6) is 0 Å². The lowest BCUT2D eigenvalue weighted by molar-refractivity contribution is 0.0903. The van der Waals surface area contributed by atoms with Crippen molar-refractivity contribution in [1.29, 1.82) is 0 Å². The number of hydrogen-bond acceptors (Lipinski definition) is 2. The van der Waals surface area contributed by atoms with E-state index in [0.29, 0.717) is 11.4 Å². The molecule has 0 fully saturated rings. The molecule has 0 saturated heterocycles. The fourth-order valence-electron chi connectivity index (χ4n) is 2.17. The third-order valence-corrected chi connectivity index (χ3v) is 3.91. The first kappa shape index (κ1) is 14.8. The van der Waals surface area contributed by atoms with E-state index < -0.39 is 0 Å². The molecule has 1 unspecified atom stereocenters. The molecule has 0 saturated carbocycles. The maximum absolute atomic E-state index is 12.5. The van der Waals surface area contributed by atoms with Crippen LogP contribution in [0.15, 0.2) is 36.5 Å². The molecule has 0 aliphatic carbocycles. The van der Waals surface area contributed by atoms with Gasteiger partial charge in [-0.3, -0.25) is 9.78 Å². The number of pyridine rings is 1. The fourth-order valence-corrected chi connectivity index (χ4v) is 2.58.